The fourth-order valence-corrected chi connectivity index (χ4v) is 1.13. The largest absolute Gasteiger partial charge is 0.302 e. The molecule has 0 spiro atoms. The molecule has 0 radical (unpaired) electrons. The molecule has 2 N–H and O–H groups in total. The summed E-state index contributed by atoms with van der Waals surface area (Å²) in [6.45, 7) is 1.98. The SMILES string of the molecule is S[C@@H]1NCCN[C@@H]1S. The number of hydrogen-bond acceptors (Lipinski definition) is 4. The molecule has 1 heterocycles. The molecule has 2 atom stereocenters. The van der Waals surface area contributed by atoms with E-state index >= 15 is 0 Å². The second-order valence-corrected chi connectivity index (χ2v) is 2.91. The highest BCUT2D eigenvalue weighted by molar-refractivity contribution is 7.85. The minimum absolute atomic E-state index is 0.201. The van der Waals surface area contributed by atoms with Crippen molar-refractivity contribution < 1.29 is 0 Å². The second-order valence-electron chi connectivity index (χ2n) is 1.80. The summed E-state index contributed by atoms with van der Waals surface area (Å²) in [5.74, 6) is 0. The molecular weight excluding hydrogens is 140 g/mol. The van der Waals surface area contributed by atoms with Gasteiger partial charge in [-0.3, -0.25) is 0 Å². The minimum atomic E-state index is 0.201. The summed E-state index contributed by atoms with van der Waals surface area (Å²) in [4.78, 5) is 0. The Balaban J connectivity index is 2.28. The van der Waals surface area contributed by atoms with Gasteiger partial charge >= 0.3 is 0 Å². The Labute approximate surface area is 60.2 Å². The van der Waals surface area contributed by atoms with Crippen LogP contribution in [0, 0.1) is 0 Å². The maximum atomic E-state index is 4.21. The molecule has 1 rings (SSSR count). The fraction of sp³-hybridized carbons (Fsp3) is 1.00. The maximum Gasteiger partial charge on any atom is 0.0751 e. The van der Waals surface area contributed by atoms with Crippen molar-refractivity contribution in [3.05, 3.63) is 0 Å². The van der Waals surface area contributed by atoms with E-state index in [1.54, 1.807) is 0 Å². The highest BCUT2D eigenvalue weighted by atomic mass is 32.1. The van der Waals surface area contributed by atoms with Crippen molar-refractivity contribution in [1.82, 2.24) is 10.6 Å². The zero-order valence-corrected chi connectivity index (χ0v) is 6.25. The average molecular weight is 150 g/mol. The minimum Gasteiger partial charge on any atom is -0.302 e. The summed E-state index contributed by atoms with van der Waals surface area (Å²) >= 11 is 8.41. The summed E-state index contributed by atoms with van der Waals surface area (Å²) in [6, 6.07) is 0. The lowest BCUT2D eigenvalue weighted by molar-refractivity contribution is 0.484. The summed E-state index contributed by atoms with van der Waals surface area (Å²) in [6.07, 6.45) is 0. The summed E-state index contributed by atoms with van der Waals surface area (Å²) in [5.41, 5.74) is 0. The third kappa shape index (κ3) is 1.55. The van der Waals surface area contributed by atoms with Gasteiger partial charge in [0.05, 0.1) is 10.7 Å². The molecule has 0 aromatic carbocycles. The van der Waals surface area contributed by atoms with Crippen molar-refractivity contribution in [3.8, 4) is 0 Å². The van der Waals surface area contributed by atoms with Crippen LogP contribution < -0.4 is 10.6 Å². The van der Waals surface area contributed by atoms with Gasteiger partial charge in [-0.25, -0.2) is 0 Å². The van der Waals surface area contributed by atoms with Crippen molar-refractivity contribution in [2.45, 2.75) is 10.7 Å². The molecule has 2 nitrogen and oxygen atoms in total. The van der Waals surface area contributed by atoms with Gasteiger partial charge in [0.25, 0.3) is 0 Å². The zero-order chi connectivity index (χ0) is 5.98. The van der Waals surface area contributed by atoms with E-state index in [4.69, 9.17) is 0 Å². The first-order valence-corrected chi connectivity index (χ1v) is 3.67. The predicted octanol–water partition coefficient (Wildman–Crippen LogP) is -0.309. The van der Waals surface area contributed by atoms with Crippen LogP contribution in [0.5, 0.6) is 0 Å². The van der Waals surface area contributed by atoms with Gasteiger partial charge in [-0.2, -0.15) is 25.3 Å². The normalized spacial score (nSPS) is 39.8. The van der Waals surface area contributed by atoms with Gasteiger partial charge in [-0.15, -0.1) is 0 Å². The molecule has 0 unspecified atom stereocenters. The first kappa shape index (κ1) is 6.74. The second kappa shape index (κ2) is 2.96. The molecule has 1 fully saturated rings. The Kier molecular flexibility index (Phi) is 2.49. The summed E-state index contributed by atoms with van der Waals surface area (Å²) in [5, 5.41) is 6.72. The van der Waals surface area contributed by atoms with E-state index in [1.165, 1.54) is 0 Å². The number of thiol groups is 2. The third-order valence-corrected chi connectivity index (χ3v) is 2.33. The molecule has 4 heteroatoms. The molecule has 0 aliphatic carbocycles. The molecular formula is C4H10N2S2. The molecule has 8 heavy (non-hydrogen) atoms. The lowest BCUT2D eigenvalue weighted by Gasteiger charge is -2.26. The molecule has 1 aliphatic heterocycles. The maximum absolute atomic E-state index is 4.21. The highest BCUT2D eigenvalue weighted by Gasteiger charge is 2.15. The van der Waals surface area contributed by atoms with E-state index in [1.807, 2.05) is 0 Å². The van der Waals surface area contributed by atoms with Gasteiger partial charge in [-0.05, 0) is 0 Å². The van der Waals surface area contributed by atoms with Crippen LogP contribution in [-0.2, 0) is 0 Å². The Bertz CT molecular complexity index is 68.4. The van der Waals surface area contributed by atoms with Crippen LogP contribution in [0.4, 0.5) is 0 Å². The van der Waals surface area contributed by atoms with Crippen LogP contribution in [0.1, 0.15) is 0 Å². The van der Waals surface area contributed by atoms with Gasteiger partial charge in [0.15, 0.2) is 0 Å². The topological polar surface area (TPSA) is 24.1 Å². The van der Waals surface area contributed by atoms with Crippen molar-refractivity contribution in [2.75, 3.05) is 13.1 Å². The predicted molar refractivity (Wildman–Crippen MR) is 41.6 cm³/mol. The van der Waals surface area contributed by atoms with Crippen molar-refractivity contribution >= 4 is 25.3 Å². The average Bonchev–Trinajstić information content (AvgIpc) is 1.77. The fourth-order valence-electron chi connectivity index (χ4n) is 0.663. The smallest absolute Gasteiger partial charge is 0.0751 e. The van der Waals surface area contributed by atoms with Crippen LogP contribution in [-0.4, -0.2) is 23.8 Å². The lowest BCUT2D eigenvalue weighted by Crippen LogP contribution is -2.50. The van der Waals surface area contributed by atoms with Crippen LogP contribution in [0.3, 0.4) is 0 Å². The first-order valence-electron chi connectivity index (χ1n) is 2.63. The van der Waals surface area contributed by atoms with E-state index in [-0.39, 0.29) is 10.7 Å². The van der Waals surface area contributed by atoms with E-state index < -0.39 is 0 Å². The Hall–Kier alpha value is 0.620. The Morgan fingerprint density at radius 1 is 1.00 bits per heavy atom. The monoisotopic (exact) mass is 150 g/mol. The van der Waals surface area contributed by atoms with Gasteiger partial charge in [-0.1, -0.05) is 0 Å². The van der Waals surface area contributed by atoms with Gasteiger partial charge in [0.1, 0.15) is 0 Å². The van der Waals surface area contributed by atoms with Crippen molar-refractivity contribution in [2.24, 2.45) is 0 Å². The number of nitrogens with one attached hydrogen (secondary N) is 2. The highest BCUT2D eigenvalue weighted by Crippen LogP contribution is 2.04. The van der Waals surface area contributed by atoms with Gasteiger partial charge in [0.2, 0.25) is 0 Å². The van der Waals surface area contributed by atoms with Crippen LogP contribution in [0.15, 0.2) is 0 Å². The molecule has 0 aromatic heterocycles. The van der Waals surface area contributed by atoms with Crippen LogP contribution in [0.2, 0.25) is 0 Å². The van der Waals surface area contributed by atoms with Crippen LogP contribution >= 0.6 is 25.3 Å². The first-order chi connectivity index (χ1) is 3.80. The van der Waals surface area contributed by atoms with Gasteiger partial charge < -0.3 is 10.6 Å². The molecule has 0 bridgehead atoms. The molecule has 1 aliphatic rings. The quantitative estimate of drug-likeness (QED) is 0.356. The molecule has 1 saturated heterocycles. The van der Waals surface area contributed by atoms with E-state index in [2.05, 4.69) is 35.9 Å². The Morgan fingerprint density at radius 2 is 1.38 bits per heavy atom. The number of rotatable bonds is 0. The zero-order valence-electron chi connectivity index (χ0n) is 4.46. The molecule has 0 amide bonds. The van der Waals surface area contributed by atoms with Crippen molar-refractivity contribution in [1.29, 1.82) is 0 Å². The third-order valence-electron chi connectivity index (χ3n) is 1.13. The van der Waals surface area contributed by atoms with E-state index in [0.29, 0.717) is 0 Å². The lowest BCUT2D eigenvalue weighted by atomic mass is 10.4. The van der Waals surface area contributed by atoms with Gasteiger partial charge in [0, 0.05) is 13.1 Å². The van der Waals surface area contributed by atoms with Crippen LogP contribution in [0.25, 0.3) is 0 Å². The molecule has 48 valence electrons. The van der Waals surface area contributed by atoms with E-state index in [0.717, 1.165) is 13.1 Å². The van der Waals surface area contributed by atoms with Crippen molar-refractivity contribution in [3.63, 3.8) is 0 Å². The summed E-state index contributed by atoms with van der Waals surface area (Å²) < 4.78 is 0. The molecule has 0 saturated carbocycles. The summed E-state index contributed by atoms with van der Waals surface area (Å²) in [7, 11) is 0. The number of hydrogen-bond donors (Lipinski definition) is 4. The molecule has 0 aromatic rings. The van der Waals surface area contributed by atoms with E-state index in [9.17, 15) is 0 Å². The standard InChI is InChI=1S/C4H10N2S2/c7-3-4(8)6-2-1-5-3/h3-8H,1-2H2/t3-,4+. The number of piperazine rings is 1. The Morgan fingerprint density at radius 3 is 1.62 bits per heavy atom.